The predicted molar refractivity (Wildman–Crippen MR) is 105 cm³/mol. The second-order valence-electron chi connectivity index (χ2n) is 6.85. The maximum absolute atomic E-state index is 12.4. The van der Waals surface area contributed by atoms with Crippen molar-refractivity contribution in [1.82, 2.24) is 5.32 Å². The number of ether oxygens (including phenoxy) is 1. The van der Waals surface area contributed by atoms with Crippen molar-refractivity contribution < 1.29 is 24.2 Å². The summed E-state index contributed by atoms with van der Waals surface area (Å²) in [4.78, 5) is 35.6. The van der Waals surface area contributed by atoms with E-state index in [9.17, 15) is 19.5 Å². The Morgan fingerprint density at radius 2 is 1.82 bits per heavy atom. The molecule has 1 rings (SSSR count). The average Bonchev–Trinajstić information content (AvgIpc) is 2.63. The number of aliphatic hydroxyl groups is 1. The maximum Gasteiger partial charge on any atom is 0.405 e. The van der Waals surface area contributed by atoms with Gasteiger partial charge in [-0.05, 0) is 55.5 Å². The lowest BCUT2D eigenvalue weighted by Gasteiger charge is -2.22. The van der Waals surface area contributed by atoms with Gasteiger partial charge in [0.15, 0.2) is 6.10 Å². The number of carbonyl (C=O) groups is 3. The van der Waals surface area contributed by atoms with Crippen molar-refractivity contribution in [2.24, 2.45) is 17.4 Å². The number of nitrogens with one attached hydrogen (secondary N) is 2. The number of benzene rings is 1. The van der Waals surface area contributed by atoms with Crippen LogP contribution in [0.1, 0.15) is 38.3 Å². The molecule has 0 bridgehead atoms. The lowest BCUT2D eigenvalue weighted by Crippen LogP contribution is -2.49. The van der Waals surface area contributed by atoms with Crippen LogP contribution in [0.25, 0.3) is 0 Å². The first-order chi connectivity index (χ1) is 13.2. The Hall–Kier alpha value is -2.65. The molecule has 156 valence electrons. The van der Waals surface area contributed by atoms with Gasteiger partial charge in [0.2, 0.25) is 5.91 Å². The molecule has 2 atom stereocenters. The fourth-order valence-electron chi connectivity index (χ4n) is 2.61. The molecule has 0 aliphatic rings. The SMILES string of the molecule is CC(C)[C@H](OC(N)=O)C(=O)N[C@@H](C)C(=O)Nc1ccc(CO)c(CCCN)c1. The number of aliphatic hydroxyl groups excluding tert-OH is 1. The van der Waals surface area contributed by atoms with Crippen LogP contribution in [-0.2, 0) is 27.4 Å². The molecular formula is C19H30N4O5. The molecule has 0 saturated carbocycles. The largest absolute Gasteiger partial charge is 0.436 e. The summed E-state index contributed by atoms with van der Waals surface area (Å²) in [6.45, 7) is 5.34. The molecule has 0 aromatic heterocycles. The van der Waals surface area contributed by atoms with Gasteiger partial charge in [0, 0.05) is 5.69 Å². The number of hydrogen-bond acceptors (Lipinski definition) is 6. The molecule has 9 nitrogen and oxygen atoms in total. The summed E-state index contributed by atoms with van der Waals surface area (Å²) < 4.78 is 4.81. The van der Waals surface area contributed by atoms with Crippen molar-refractivity contribution >= 4 is 23.6 Å². The zero-order valence-corrected chi connectivity index (χ0v) is 16.5. The Morgan fingerprint density at radius 3 is 2.36 bits per heavy atom. The number of amides is 3. The number of aryl methyl sites for hydroxylation is 1. The van der Waals surface area contributed by atoms with Gasteiger partial charge in [0.25, 0.3) is 5.91 Å². The van der Waals surface area contributed by atoms with Gasteiger partial charge < -0.3 is 31.9 Å². The average molecular weight is 394 g/mol. The van der Waals surface area contributed by atoms with E-state index in [-0.39, 0.29) is 12.5 Å². The first kappa shape index (κ1) is 23.4. The Kier molecular flexibility index (Phi) is 9.40. The third-order valence-electron chi connectivity index (χ3n) is 4.15. The van der Waals surface area contributed by atoms with Crippen LogP contribution in [0, 0.1) is 5.92 Å². The van der Waals surface area contributed by atoms with Crippen molar-refractivity contribution in [2.75, 3.05) is 11.9 Å². The molecule has 0 unspecified atom stereocenters. The van der Waals surface area contributed by atoms with Crippen LogP contribution in [0.5, 0.6) is 0 Å². The monoisotopic (exact) mass is 394 g/mol. The van der Waals surface area contributed by atoms with Crippen LogP contribution in [0.2, 0.25) is 0 Å². The smallest absolute Gasteiger partial charge is 0.405 e. The highest BCUT2D eigenvalue weighted by Gasteiger charge is 2.28. The van der Waals surface area contributed by atoms with Crippen molar-refractivity contribution in [2.45, 2.75) is 52.4 Å². The van der Waals surface area contributed by atoms with Crippen LogP contribution in [0.4, 0.5) is 10.5 Å². The summed E-state index contributed by atoms with van der Waals surface area (Å²) in [7, 11) is 0. The number of carbonyl (C=O) groups excluding carboxylic acids is 3. The molecule has 0 heterocycles. The highest BCUT2D eigenvalue weighted by atomic mass is 16.6. The van der Waals surface area contributed by atoms with E-state index in [2.05, 4.69) is 10.6 Å². The Bertz CT molecular complexity index is 693. The topological polar surface area (TPSA) is 157 Å². The molecule has 1 aromatic carbocycles. The summed E-state index contributed by atoms with van der Waals surface area (Å²) in [5.74, 6) is -1.34. The minimum atomic E-state index is -1.08. The van der Waals surface area contributed by atoms with Gasteiger partial charge in [-0.1, -0.05) is 19.9 Å². The zero-order valence-electron chi connectivity index (χ0n) is 16.5. The Morgan fingerprint density at radius 1 is 1.14 bits per heavy atom. The Labute approximate surface area is 164 Å². The van der Waals surface area contributed by atoms with Gasteiger partial charge in [0.05, 0.1) is 6.61 Å². The molecule has 0 aliphatic heterocycles. The van der Waals surface area contributed by atoms with E-state index in [1.54, 1.807) is 32.0 Å². The Balaban J connectivity index is 2.78. The first-order valence-electron chi connectivity index (χ1n) is 9.19. The standard InChI is InChI=1S/C19H30N4O5/c1-11(2)16(28-19(21)27)18(26)22-12(3)17(25)23-15-7-6-14(10-24)13(9-15)5-4-8-20/h6-7,9,11-12,16,24H,4-5,8,10,20H2,1-3H3,(H2,21,27)(H,22,26)(H,23,25)/t12-,16-/m0/s1. The second-order valence-corrected chi connectivity index (χ2v) is 6.85. The summed E-state index contributed by atoms with van der Waals surface area (Å²) in [6, 6.07) is 4.33. The predicted octanol–water partition coefficient (Wildman–Crippen LogP) is 0.633. The third-order valence-corrected chi connectivity index (χ3v) is 4.15. The fraction of sp³-hybridized carbons (Fsp3) is 0.526. The molecule has 0 spiro atoms. The molecule has 0 aliphatic carbocycles. The quantitative estimate of drug-likeness (QED) is 0.392. The van der Waals surface area contributed by atoms with Crippen LogP contribution in [-0.4, -0.2) is 41.7 Å². The highest BCUT2D eigenvalue weighted by Crippen LogP contribution is 2.18. The van der Waals surface area contributed by atoms with Crippen LogP contribution >= 0.6 is 0 Å². The third kappa shape index (κ3) is 7.16. The van der Waals surface area contributed by atoms with E-state index < -0.39 is 30.1 Å². The molecule has 3 amide bonds. The normalized spacial score (nSPS) is 12.9. The van der Waals surface area contributed by atoms with Crippen molar-refractivity contribution in [3.8, 4) is 0 Å². The van der Waals surface area contributed by atoms with Crippen LogP contribution in [0.3, 0.4) is 0 Å². The minimum absolute atomic E-state index is 0.100. The fourth-order valence-corrected chi connectivity index (χ4v) is 2.61. The van der Waals surface area contributed by atoms with Crippen LogP contribution in [0.15, 0.2) is 18.2 Å². The van der Waals surface area contributed by atoms with Crippen LogP contribution < -0.4 is 22.1 Å². The number of anilines is 1. The first-order valence-corrected chi connectivity index (χ1v) is 9.19. The zero-order chi connectivity index (χ0) is 21.3. The van der Waals surface area contributed by atoms with Gasteiger partial charge in [-0.3, -0.25) is 9.59 Å². The number of primary amides is 1. The van der Waals surface area contributed by atoms with Crippen molar-refractivity contribution in [3.05, 3.63) is 29.3 Å². The van der Waals surface area contributed by atoms with Gasteiger partial charge in [-0.2, -0.15) is 0 Å². The van der Waals surface area contributed by atoms with E-state index in [1.807, 2.05) is 0 Å². The second kappa shape index (κ2) is 11.3. The summed E-state index contributed by atoms with van der Waals surface area (Å²) >= 11 is 0. The molecule has 1 aromatic rings. The molecule has 0 fully saturated rings. The molecule has 9 heteroatoms. The summed E-state index contributed by atoms with van der Waals surface area (Å²) in [5.41, 5.74) is 12.7. The molecule has 28 heavy (non-hydrogen) atoms. The number of hydrogen-bond donors (Lipinski definition) is 5. The van der Waals surface area contributed by atoms with E-state index in [0.29, 0.717) is 18.7 Å². The van der Waals surface area contributed by atoms with E-state index in [1.165, 1.54) is 6.92 Å². The lowest BCUT2D eigenvalue weighted by atomic mass is 10.0. The van der Waals surface area contributed by atoms with E-state index in [4.69, 9.17) is 16.2 Å². The van der Waals surface area contributed by atoms with Crippen molar-refractivity contribution in [1.29, 1.82) is 0 Å². The minimum Gasteiger partial charge on any atom is -0.436 e. The molecule has 0 saturated heterocycles. The molecule has 7 N–H and O–H groups in total. The number of rotatable bonds is 10. The highest BCUT2D eigenvalue weighted by molar-refractivity contribution is 5.97. The van der Waals surface area contributed by atoms with E-state index in [0.717, 1.165) is 17.5 Å². The van der Waals surface area contributed by atoms with Gasteiger partial charge in [-0.15, -0.1) is 0 Å². The summed E-state index contributed by atoms with van der Waals surface area (Å²) in [6.07, 6.45) is -0.699. The molecular weight excluding hydrogens is 364 g/mol. The van der Waals surface area contributed by atoms with Crippen molar-refractivity contribution in [3.63, 3.8) is 0 Å². The number of nitrogens with two attached hydrogens (primary N) is 2. The van der Waals surface area contributed by atoms with Gasteiger partial charge in [0.1, 0.15) is 6.04 Å². The summed E-state index contributed by atoms with van der Waals surface area (Å²) in [5, 5.41) is 14.7. The van der Waals surface area contributed by atoms with Gasteiger partial charge >= 0.3 is 6.09 Å². The maximum atomic E-state index is 12.4. The lowest BCUT2D eigenvalue weighted by molar-refractivity contribution is -0.134. The van der Waals surface area contributed by atoms with Gasteiger partial charge in [-0.25, -0.2) is 4.79 Å². The molecule has 0 radical (unpaired) electrons. The van der Waals surface area contributed by atoms with E-state index >= 15 is 0 Å².